The fraction of sp³-hybridized carbons (Fsp3) is 0.641. The van der Waals surface area contributed by atoms with Gasteiger partial charge in [0.05, 0.1) is 6.61 Å². The van der Waals surface area contributed by atoms with Crippen LogP contribution in [-0.2, 0) is 28.2 Å². The van der Waals surface area contributed by atoms with E-state index in [1.54, 1.807) is 0 Å². The minimum absolute atomic E-state index is 0.184. The molecule has 0 aliphatic heterocycles. The molecule has 0 aliphatic carbocycles. The van der Waals surface area contributed by atoms with Crippen molar-refractivity contribution in [3.05, 3.63) is 72.9 Å². The van der Waals surface area contributed by atoms with Gasteiger partial charge in [-0.25, -0.2) is 4.57 Å². The molecule has 0 fully saturated rings. The average Bonchev–Trinajstić information content (AvgIpc) is 3.05. The van der Waals surface area contributed by atoms with E-state index in [9.17, 15) is 14.2 Å². The molecule has 1 atom stereocenters. The van der Waals surface area contributed by atoms with Gasteiger partial charge in [-0.15, -0.1) is 0 Å². The van der Waals surface area contributed by atoms with E-state index in [2.05, 4.69) is 91.3 Å². The normalized spacial score (nSPS) is 13.3. The minimum Gasteiger partial charge on any atom is -0.462 e. The number of hydrogen-bond donors (Lipinski definition) is 2. The quantitative estimate of drug-likeness (QED) is 0.0309. The number of carbonyl (C=O) groups is 2. The minimum atomic E-state index is -4.76. The fourth-order valence-electron chi connectivity index (χ4n) is 4.58. The summed E-state index contributed by atoms with van der Waals surface area (Å²) in [5, 5.41) is 0. The zero-order chi connectivity index (χ0) is 35.4. The number of hydrogen-bond acceptors (Lipinski definition) is 6. The molecule has 0 amide bonds. The number of phosphoric acid groups is 1. The number of allylic oxidation sites excluding steroid dienone is 12. The highest BCUT2D eigenvalue weighted by Gasteiger charge is 2.22. The molecule has 9 heteroatoms. The monoisotopic (exact) mass is 692 g/mol. The Hall–Kier alpha value is -2.51. The lowest BCUT2D eigenvalue weighted by Crippen LogP contribution is -2.29. The van der Waals surface area contributed by atoms with Crippen LogP contribution in [0.2, 0.25) is 0 Å². The second-order valence-corrected chi connectivity index (χ2v) is 13.0. The van der Waals surface area contributed by atoms with E-state index in [4.69, 9.17) is 19.3 Å². The van der Waals surface area contributed by atoms with Crippen LogP contribution in [0.3, 0.4) is 0 Å². The average molecular weight is 693 g/mol. The summed E-state index contributed by atoms with van der Waals surface area (Å²) < 4.78 is 26.3. The summed E-state index contributed by atoms with van der Waals surface area (Å²) in [6.45, 7) is 3.41. The van der Waals surface area contributed by atoms with Crippen LogP contribution in [0.4, 0.5) is 0 Å². The van der Waals surface area contributed by atoms with E-state index in [1.807, 2.05) is 0 Å². The van der Waals surface area contributed by atoms with Crippen LogP contribution >= 0.6 is 7.82 Å². The third kappa shape index (κ3) is 36.3. The summed E-state index contributed by atoms with van der Waals surface area (Å²) in [5.74, 6) is -0.933. The number of carbonyl (C=O) groups excluding carboxylic acids is 2. The van der Waals surface area contributed by atoms with Crippen LogP contribution in [0, 0.1) is 0 Å². The second-order valence-electron chi connectivity index (χ2n) is 11.8. The summed E-state index contributed by atoms with van der Waals surface area (Å²) in [5.41, 5.74) is 0. The maximum absolute atomic E-state index is 12.3. The van der Waals surface area contributed by atoms with Crippen LogP contribution in [-0.4, -0.2) is 41.0 Å². The van der Waals surface area contributed by atoms with Gasteiger partial charge in [-0.2, -0.15) is 0 Å². The van der Waals surface area contributed by atoms with Gasteiger partial charge in [-0.05, 0) is 77.0 Å². The molecular formula is C39H65O8P. The predicted molar refractivity (Wildman–Crippen MR) is 197 cm³/mol. The molecule has 274 valence electrons. The van der Waals surface area contributed by atoms with E-state index in [0.717, 1.165) is 103 Å². The molecule has 0 saturated heterocycles. The molecule has 0 spiro atoms. The summed E-state index contributed by atoms with van der Waals surface area (Å²) in [6.07, 6.45) is 43.3. The van der Waals surface area contributed by atoms with E-state index in [-0.39, 0.29) is 19.4 Å². The second kappa shape index (κ2) is 34.4. The molecule has 2 N–H and O–H groups in total. The summed E-state index contributed by atoms with van der Waals surface area (Å²) in [4.78, 5) is 42.7. The van der Waals surface area contributed by atoms with Crippen LogP contribution < -0.4 is 0 Å². The Morgan fingerprint density at radius 2 is 0.938 bits per heavy atom. The molecule has 0 aromatic heterocycles. The first kappa shape index (κ1) is 45.5. The number of unbranched alkanes of at least 4 members (excludes halogenated alkanes) is 10. The molecule has 0 unspecified atom stereocenters. The lowest BCUT2D eigenvalue weighted by molar-refractivity contribution is -0.161. The first-order valence-corrected chi connectivity index (χ1v) is 19.8. The van der Waals surface area contributed by atoms with Gasteiger partial charge in [0.15, 0.2) is 6.10 Å². The standard InChI is InChI=1S/C39H65O8P/c1-3-5-7-9-11-13-15-17-19-21-23-25-27-29-31-33-38(40)45-35-37(36-46-48(42,43)44)47-39(41)34-32-30-28-26-24-22-20-18-16-14-12-10-8-6-4-2/h5-8,11-14,17-20,37H,3-4,9-10,15-16,21-36H2,1-2H3,(H2,42,43,44)/b7-5-,8-6-,13-11-,14-12-,19-17-,20-18-/t37-/m0/s1. The molecule has 8 nitrogen and oxygen atoms in total. The maximum Gasteiger partial charge on any atom is 0.469 e. The number of phosphoric ester groups is 1. The third-order valence-electron chi connectivity index (χ3n) is 7.22. The van der Waals surface area contributed by atoms with Crippen molar-refractivity contribution < 1.29 is 37.9 Å². The zero-order valence-electron chi connectivity index (χ0n) is 29.9. The van der Waals surface area contributed by atoms with Crippen molar-refractivity contribution in [2.45, 2.75) is 148 Å². The van der Waals surface area contributed by atoms with Crippen LogP contribution in [0.25, 0.3) is 0 Å². The van der Waals surface area contributed by atoms with Crippen LogP contribution in [0.15, 0.2) is 72.9 Å². The molecular weight excluding hydrogens is 627 g/mol. The van der Waals surface area contributed by atoms with E-state index < -0.39 is 32.5 Å². The van der Waals surface area contributed by atoms with E-state index in [0.29, 0.717) is 12.8 Å². The van der Waals surface area contributed by atoms with Gasteiger partial charge < -0.3 is 19.3 Å². The smallest absolute Gasteiger partial charge is 0.462 e. The highest BCUT2D eigenvalue weighted by molar-refractivity contribution is 7.46. The molecule has 0 bridgehead atoms. The van der Waals surface area contributed by atoms with E-state index >= 15 is 0 Å². The summed E-state index contributed by atoms with van der Waals surface area (Å²) in [6, 6.07) is 0. The van der Waals surface area contributed by atoms with Crippen molar-refractivity contribution in [3.8, 4) is 0 Å². The van der Waals surface area contributed by atoms with Crippen LogP contribution in [0.1, 0.15) is 142 Å². The molecule has 48 heavy (non-hydrogen) atoms. The predicted octanol–water partition coefficient (Wildman–Crippen LogP) is 10.7. The Kier molecular flexibility index (Phi) is 32.6. The van der Waals surface area contributed by atoms with Gasteiger partial charge >= 0.3 is 19.8 Å². The van der Waals surface area contributed by atoms with Gasteiger partial charge in [-0.1, -0.05) is 125 Å². The van der Waals surface area contributed by atoms with Gasteiger partial charge in [0.2, 0.25) is 0 Å². The van der Waals surface area contributed by atoms with Crippen LogP contribution in [0.5, 0.6) is 0 Å². The largest absolute Gasteiger partial charge is 0.469 e. The maximum atomic E-state index is 12.3. The molecule has 0 heterocycles. The summed E-state index contributed by atoms with van der Waals surface area (Å²) in [7, 11) is -4.76. The van der Waals surface area contributed by atoms with Crippen molar-refractivity contribution in [3.63, 3.8) is 0 Å². The van der Waals surface area contributed by atoms with E-state index in [1.165, 1.54) is 0 Å². The fourth-order valence-corrected chi connectivity index (χ4v) is 4.94. The molecule has 0 aliphatic rings. The highest BCUT2D eigenvalue weighted by atomic mass is 31.2. The van der Waals surface area contributed by atoms with Gasteiger partial charge in [-0.3, -0.25) is 14.1 Å². The molecule has 0 rings (SSSR count). The molecule has 0 saturated carbocycles. The topological polar surface area (TPSA) is 119 Å². The Morgan fingerprint density at radius 3 is 1.40 bits per heavy atom. The number of rotatable bonds is 32. The Labute approximate surface area is 291 Å². The SMILES string of the molecule is CC/C=C\C/C=C\C/C=C\CCCCCCCC(=O)OC[C@@H](COP(=O)(O)O)OC(=O)CCCCCCC/C=C\C/C=C\C/C=C\CC. The first-order chi connectivity index (χ1) is 23.3. The zero-order valence-corrected chi connectivity index (χ0v) is 30.7. The highest BCUT2D eigenvalue weighted by Crippen LogP contribution is 2.35. The number of ether oxygens (including phenoxy) is 2. The molecule has 0 aromatic rings. The first-order valence-electron chi connectivity index (χ1n) is 18.2. The van der Waals surface area contributed by atoms with Crippen molar-refractivity contribution >= 4 is 19.8 Å². The van der Waals surface area contributed by atoms with Gasteiger partial charge in [0.1, 0.15) is 6.61 Å². The lowest BCUT2D eigenvalue weighted by atomic mass is 10.1. The van der Waals surface area contributed by atoms with Crippen molar-refractivity contribution in [2.75, 3.05) is 13.2 Å². The van der Waals surface area contributed by atoms with Gasteiger partial charge in [0.25, 0.3) is 0 Å². The van der Waals surface area contributed by atoms with Crippen molar-refractivity contribution in [2.24, 2.45) is 0 Å². The summed E-state index contributed by atoms with van der Waals surface area (Å²) >= 11 is 0. The van der Waals surface area contributed by atoms with Crippen molar-refractivity contribution in [1.82, 2.24) is 0 Å². The Bertz CT molecular complexity index is 1010. The molecule has 0 aromatic carbocycles. The Balaban J connectivity index is 4.06. The van der Waals surface area contributed by atoms with Gasteiger partial charge in [0, 0.05) is 12.8 Å². The Morgan fingerprint density at radius 1 is 0.542 bits per heavy atom. The van der Waals surface area contributed by atoms with Crippen molar-refractivity contribution in [1.29, 1.82) is 0 Å². The third-order valence-corrected chi connectivity index (χ3v) is 7.71. The molecule has 0 radical (unpaired) electrons. The number of esters is 2. The lowest BCUT2D eigenvalue weighted by Gasteiger charge is -2.18.